The Morgan fingerprint density at radius 3 is 1.77 bits per heavy atom. The van der Waals surface area contributed by atoms with Crippen LogP contribution in [0.4, 0.5) is 5.69 Å². The van der Waals surface area contributed by atoms with Gasteiger partial charge in [0.2, 0.25) is 0 Å². The van der Waals surface area contributed by atoms with Crippen molar-refractivity contribution in [1.82, 2.24) is 15.3 Å². The summed E-state index contributed by atoms with van der Waals surface area (Å²) in [5, 5.41) is 5.90. The maximum Gasteiger partial charge on any atom is 0.0897 e. The zero-order chi connectivity index (χ0) is 30.5. The molecule has 1 N–H and O–H groups in total. The van der Waals surface area contributed by atoms with Gasteiger partial charge in [-0.2, -0.15) is 0 Å². The fourth-order valence-corrected chi connectivity index (χ4v) is 6.05. The van der Waals surface area contributed by atoms with E-state index in [1.54, 1.807) is 0 Å². The number of rotatable bonds is 0. The number of allylic oxidation sites excluding steroid dienone is 2. The van der Waals surface area contributed by atoms with Crippen LogP contribution in [-0.4, -0.2) is 9.97 Å². The topological polar surface area (TPSA) is 50.2 Å². The highest BCUT2D eigenvalue weighted by Gasteiger charge is 2.27. The number of nitrogens with one attached hydrogen (secondary N) is 1. The van der Waals surface area contributed by atoms with Crippen molar-refractivity contribution in [2.75, 3.05) is 0 Å². The molecule has 0 atom stereocenters. The lowest BCUT2D eigenvalue weighted by Gasteiger charge is -2.28. The largest absolute Gasteiger partial charge is 0.353 e. The monoisotopic (exact) mass is 564 g/mol. The summed E-state index contributed by atoms with van der Waals surface area (Å²) in [5.41, 5.74) is 13.5. The summed E-state index contributed by atoms with van der Waals surface area (Å²) < 4.78 is 0. The van der Waals surface area contributed by atoms with Crippen LogP contribution in [-0.2, 0) is 10.8 Å². The predicted octanol–water partition coefficient (Wildman–Crippen LogP) is 8.38. The van der Waals surface area contributed by atoms with Crippen molar-refractivity contribution >= 4 is 17.1 Å². The van der Waals surface area contributed by atoms with Gasteiger partial charge in [-0.25, -0.2) is 15.0 Å². The Labute approximate surface area is 255 Å². The van der Waals surface area contributed by atoms with E-state index in [1.807, 2.05) is 0 Å². The molecular weight excluding hydrogens is 524 g/mol. The van der Waals surface area contributed by atoms with Gasteiger partial charge >= 0.3 is 0 Å². The van der Waals surface area contributed by atoms with Crippen molar-refractivity contribution < 1.29 is 0 Å². The molecule has 43 heavy (non-hydrogen) atoms. The molecule has 4 heteroatoms. The molecule has 4 aromatic rings. The van der Waals surface area contributed by atoms with E-state index in [0.29, 0.717) is 0 Å². The minimum atomic E-state index is -0.0721. The summed E-state index contributed by atoms with van der Waals surface area (Å²) in [7, 11) is 0. The van der Waals surface area contributed by atoms with E-state index in [4.69, 9.17) is 15.0 Å². The van der Waals surface area contributed by atoms with Gasteiger partial charge in [0.1, 0.15) is 0 Å². The third kappa shape index (κ3) is 4.64. The molecule has 0 unspecified atom stereocenters. The fourth-order valence-electron chi connectivity index (χ4n) is 6.05. The summed E-state index contributed by atoms with van der Waals surface area (Å²) >= 11 is 0. The minimum Gasteiger partial charge on any atom is -0.353 e. The predicted molar refractivity (Wildman–Crippen MR) is 178 cm³/mol. The number of hydrogen-bond acceptors (Lipinski definition) is 4. The van der Waals surface area contributed by atoms with Crippen LogP contribution < -0.4 is 15.9 Å². The lowest BCUT2D eigenvalue weighted by atomic mass is 9.82. The van der Waals surface area contributed by atoms with E-state index >= 15 is 0 Å². The summed E-state index contributed by atoms with van der Waals surface area (Å²) in [6, 6.07) is 21.9. The lowest BCUT2D eigenvalue weighted by Crippen LogP contribution is -2.33. The van der Waals surface area contributed by atoms with Crippen LogP contribution in [0.3, 0.4) is 0 Å². The standard InChI is InChI=1S/C39H40N4/c1-37(2,3)22-16-29-27-14-10-12-25-26-13-11-15-28(36(26)43-35(25)27)30-17-23(38(4,5)6)19-32(41-30)34-21-24(39(7,8)9)20-33(42-34)31(18-22)40-29/h10-21,40H,1-9H3. The Hall–Kier alpha value is -4.31. The molecule has 0 aliphatic carbocycles. The molecule has 3 aliphatic rings. The first kappa shape index (κ1) is 27.5. The van der Waals surface area contributed by atoms with Crippen LogP contribution in [0, 0.1) is 5.41 Å². The highest BCUT2D eigenvalue weighted by molar-refractivity contribution is 5.91. The Bertz CT molecular complexity index is 2040. The number of fused-ring (bicyclic) bond motifs is 10. The van der Waals surface area contributed by atoms with Gasteiger partial charge in [0.05, 0.1) is 39.5 Å². The van der Waals surface area contributed by atoms with E-state index in [-0.39, 0.29) is 16.2 Å². The van der Waals surface area contributed by atoms with Crippen molar-refractivity contribution in [2.45, 2.75) is 73.1 Å². The first-order valence-electron chi connectivity index (χ1n) is 15.3. The van der Waals surface area contributed by atoms with E-state index in [9.17, 15) is 0 Å². The Kier molecular flexibility index (Phi) is 5.82. The van der Waals surface area contributed by atoms with Crippen molar-refractivity contribution in [1.29, 1.82) is 0 Å². The van der Waals surface area contributed by atoms with Crippen LogP contribution in [0.15, 0.2) is 83.4 Å². The maximum absolute atomic E-state index is 5.35. The SMILES string of the molecule is CC(C)(C)C1=CC2=c3cccc4c3=Nc3c(cccc3-4)-c3cc(C(C)(C)C)cc(n3)-c3cc(C(C)(C)C)cc(n3)C(=C1)N2. The molecule has 3 aliphatic heterocycles. The van der Waals surface area contributed by atoms with Gasteiger partial charge in [0, 0.05) is 27.6 Å². The average Bonchev–Trinajstić information content (AvgIpc) is 3.34. The molecule has 2 aromatic carbocycles. The third-order valence-electron chi connectivity index (χ3n) is 8.81. The second kappa shape index (κ2) is 9.09. The van der Waals surface area contributed by atoms with Crippen LogP contribution in [0.2, 0.25) is 0 Å². The van der Waals surface area contributed by atoms with Gasteiger partial charge in [0.15, 0.2) is 0 Å². The number of nitrogens with zero attached hydrogens (tertiary/aromatic N) is 3. The highest BCUT2D eigenvalue weighted by atomic mass is 14.9. The quantitative estimate of drug-likeness (QED) is 0.206. The molecule has 0 saturated carbocycles. The third-order valence-corrected chi connectivity index (χ3v) is 8.81. The highest BCUT2D eigenvalue weighted by Crippen LogP contribution is 2.42. The van der Waals surface area contributed by atoms with Gasteiger partial charge in [-0.1, -0.05) is 98.7 Å². The molecular formula is C39H40N4. The molecule has 2 aromatic heterocycles. The van der Waals surface area contributed by atoms with Crippen LogP contribution in [0.25, 0.3) is 45.2 Å². The Morgan fingerprint density at radius 2 is 1.12 bits per heavy atom. The Balaban J connectivity index is 1.67. The molecule has 5 heterocycles. The summed E-state index contributed by atoms with van der Waals surface area (Å²) in [6.07, 6.45) is 4.56. The number of pyridine rings is 2. The van der Waals surface area contributed by atoms with E-state index in [2.05, 4.69) is 140 Å². The van der Waals surface area contributed by atoms with E-state index < -0.39 is 0 Å². The molecule has 0 saturated heterocycles. The summed E-state index contributed by atoms with van der Waals surface area (Å²) in [4.78, 5) is 16.0. The van der Waals surface area contributed by atoms with Crippen LogP contribution >= 0.6 is 0 Å². The normalized spacial score (nSPS) is 15.2. The van der Waals surface area contributed by atoms with Gasteiger partial charge in [-0.3, -0.25) is 0 Å². The zero-order valence-corrected chi connectivity index (χ0v) is 26.8. The minimum absolute atomic E-state index is 0.0583. The first-order chi connectivity index (χ1) is 20.2. The molecule has 0 fully saturated rings. The summed E-state index contributed by atoms with van der Waals surface area (Å²) in [5.74, 6) is 0. The van der Waals surface area contributed by atoms with Crippen molar-refractivity contribution in [3.63, 3.8) is 0 Å². The van der Waals surface area contributed by atoms with Crippen LogP contribution in [0.5, 0.6) is 0 Å². The van der Waals surface area contributed by atoms with Crippen molar-refractivity contribution in [3.05, 3.63) is 106 Å². The van der Waals surface area contributed by atoms with Gasteiger partial charge in [-0.05, 0) is 69.4 Å². The molecule has 0 amide bonds. The van der Waals surface area contributed by atoms with Gasteiger partial charge in [0.25, 0.3) is 0 Å². The van der Waals surface area contributed by atoms with Gasteiger partial charge < -0.3 is 5.32 Å². The van der Waals surface area contributed by atoms with E-state index in [0.717, 1.165) is 67.1 Å². The number of dihydropyridines is 1. The number of para-hydroxylation sites is 2. The molecule has 8 bridgehead atoms. The number of hydrogen-bond donors (Lipinski definition) is 1. The van der Waals surface area contributed by atoms with Gasteiger partial charge in [-0.15, -0.1) is 0 Å². The molecule has 0 spiro atoms. The summed E-state index contributed by atoms with van der Waals surface area (Å²) in [6.45, 7) is 20.4. The van der Waals surface area contributed by atoms with Crippen molar-refractivity contribution in [2.24, 2.45) is 10.4 Å². The zero-order valence-electron chi connectivity index (χ0n) is 26.8. The molecule has 216 valence electrons. The first-order valence-corrected chi connectivity index (χ1v) is 15.3. The number of aromatic nitrogens is 2. The molecule has 4 nitrogen and oxygen atoms in total. The Morgan fingerprint density at radius 1 is 0.558 bits per heavy atom. The van der Waals surface area contributed by atoms with Crippen LogP contribution in [0.1, 0.15) is 79.1 Å². The second-order valence-corrected chi connectivity index (χ2v) is 15.2. The molecule has 0 radical (unpaired) electrons. The average molecular weight is 565 g/mol. The van der Waals surface area contributed by atoms with E-state index in [1.165, 1.54) is 16.7 Å². The number of benzene rings is 2. The smallest absolute Gasteiger partial charge is 0.0897 e. The lowest BCUT2D eigenvalue weighted by molar-refractivity contribution is 0.516. The van der Waals surface area contributed by atoms with Crippen molar-refractivity contribution in [3.8, 4) is 33.8 Å². The maximum atomic E-state index is 5.35. The second-order valence-electron chi connectivity index (χ2n) is 15.2. The molecule has 7 rings (SSSR count). The fraction of sp³-hybridized carbons (Fsp3) is 0.308.